The third-order valence-corrected chi connectivity index (χ3v) is 5.63. The van der Waals surface area contributed by atoms with E-state index in [-0.39, 0.29) is 18.3 Å². The monoisotopic (exact) mass is 316 g/mol. The van der Waals surface area contributed by atoms with E-state index in [4.69, 9.17) is 14.0 Å². The van der Waals surface area contributed by atoms with E-state index in [9.17, 15) is 0 Å². The molecule has 1 heterocycles. The molecule has 0 atom stereocenters. The first-order valence-electron chi connectivity index (χ1n) is 8.90. The summed E-state index contributed by atoms with van der Waals surface area (Å²) in [6.45, 7) is 13.6. The molecule has 0 aromatic heterocycles. The van der Waals surface area contributed by atoms with Crippen LogP contribution < -0.4 is 10.2 Å². The molecule has 4 heteroatoms. The van der Waals surface area contributed by atoms with Gasteiger partial charge in [0.2, 0.25) is 0 Å². The number of aryl methyl sites for hydroxylation is 1. The van der Waals surface area contributed by atoms with E-state index in [2.05, 4.69) is 47.6 Å². The van der Waals surface area contributed by atoms with Crippen molar-refractivity contribution in [3.8, 4) is 5.75 Å². The van der Waals surface area contributed by atoms with Crippen LogP contribution in [0.1, 0.15) is 64.2 Å². The highest BCUT2D eigenvalue weighted by Gasteiger charge is 2.53. The number of fused-ring (bicyclic) bond motifs is 1. The van der Waals surface area contributed by atoms with Gasteiger partial charge in [-0.1, -0.05) is 13.3 Å². The molecule has 0 amide bonds. The van der Waals surface area contributed by atoms with Crippen molar-refractivity contribution in [1.29, 1.82) is 0 Å². The number of rotatable bonds is 5. The summed E-state index contributed by atoms with van der Waals surface area (Å²) in [6.07, 6.45) is 4.46. The lowest BCUT2D eigenvalue weighted by Crippen LogP contribution is -2.41. The van der Waals surface area contributed by atoms with E-state index in [1.54, 1.807) is 0 Å². The maximum atomic E-state index is 6.28. The van der Waals surface area contributed by atoms with E-state index >= 15 is 0 Å². The fraction of sp³-hybridized carbons (Fsp3) is 0.684. The number of benzene rings is 1. The van der Waals surface area contributed by atoms with Crippen LogP contribution in [0.4, 0.5) is 0 Å². The summed E-state index contributed by atoms with van der Waals surface area (Å²) >= 11 is 0. The third-order valence-electron chi connectivity index (χ3n) is 5.63. The molecule has 3 nitrogen and oxygen atoms in total. The van der Waals surface area contributed by atoms with Gasteiger partial charge in [0.1, 0.15) is 5.75 Å². The molecule has 0 N–H and O–H groups in total. The van der Waals surface area contributed by atoms with Crippen LogP contribution in [0.15, 0.2) is 6.07 Å². The first kappa shape index (κ1) is 16.8. The van der Waals surface area contributed by atoms with E-state index < -0.39 is 0 Å². The molecule has 0 spiro atoms. The average molecular weight is 316 g/mol. The second-order valence-electron chi connectivity index (χ2n) is 7.85. The minimum absolute atomic E-state index is 0.265. The second-order valence-corrected chi connectivity index (χ2v) is 7.85. The van der Waals surface area contributed by atoms with Crippen LogP contribution in [0, 0.1) is 6.92 Å². The van der Waals surface area contributed by atoms with E-state index in [0.29, 0.717) is 0 Å². The van der Waals surface area contributed by atoms with Crippen molar-refractivity contribution >= 4 is 12.6 Å². The lowest BCUT2D eigenvalue weighted by Gasteiger charge is -2.32. The van der Waals surface area contributed by atoms with Gasteiger partial charge in [0, 0.05) is 0 Å². The zero-order chi connectivity index (χ0) is 16.8. The van der Waals surface area contributed by atoms with Crippen LogP contribution in [-0.4, -0.2) is 24.9 Å². The summed E-state index contributed by atoms with van der Waals surface area (Å²) < 4.78 is 18.6. The van der Waals surface area contributed by atoms with E-state index in [1.807, 2.05) is 0 Å². The molecule has 1 aromatic rings. The predicted molar refractivity (Wildman–Crippen MR) is 94.7 cm³/mol. The molecule has 126 valence electrons. The Hall–Kier alpha value is -0.995. The molecule has 1 saturated heterocycles. The molecule has 0 saturated carbocycles. The Morgan fingerprint density at radius 1 is 1.09 bits per heavy atom. The number of ether oxygens (including phenoxy) is 1. The Morgan fingerprint density at radius 3 is 2.22 bits per heavy atom. The quantitative estimate of drug-likeness (QED) is 0.614. The molecule has 1 aromatic carbocycles. The van der Waals surface area contributed by atoms with Crippen molar-refractivity contribution in [2.24, 2.45) is 0 Å². The molecule has 1 aliphatic carbocycles. The van der Waals surface area contributed by atoms with Gasteiger partial charge >= 0.3 is 7.12 Å². The number of hydrogen-bond donors (Lipinski definition) is 0. The zero-order valence-corrected chi connectivity index (χ0v) is 15.4. The fourth-order valence-corrected chi connectivity index (χ4v) is 3.29. The van der Waals surface area contributed by atoms with Crippen molar-refractivity contribution in [3.05, 3.63) is 22.8 Å². The lowest BCUT2D eigenvalue weighted by atomic mass is 9.67. The highest BCUT2D eigenvalue weighted by molar-refractivity contribution is 6.63. The van der Waals surface area contributed by atoms with Crippen LogP contribution in [0.25, 0.3) is 0 Å². The topological polar surface area (TPSA) is 27.7 Å². The van der Waals surface area contributed by atoms with Gasteiger partial charge in [0.05, 0.1) is 17.8 Å². The Balaban J connectivity index is 1.89. The first-order valence-corrected chi connectivity index (χ1v) is 8.90. The standard InChI is InChI=1S/C19H29BO3/c1-7-8-11-21-16-12-13(2)17(15-10-9-14(15)16)20-22-18(3,4)19(5,6)23-20/h12H,7-11H2,1-6H3. The minimum atomic E-state index is -0.295. The van der Waals surface area contributed by atoms with Gasteiger partial charge in [-0.3, -0.25) is 0 Å². The summed E-state index contributed by atoms with van der Waals surface area (Å²) in [7, 11) is -0.265. The molecule has 3 rings (SSSR count). The molecule has 2 aliphatic rings. The Bertz CT molecular complexity index is 591. The summed E-state index contributed by atoms with van der Waals surface area (Å²) in [5.41, 5.74) is 4.60. The molecule has 1 fully saturated rings. The van der Waals surface area contributed by atoms with Gasteiger partial charge < -0.3 is 14.0 Å². The number of unbranched alkanes of at least 4 members (excludes halogenated alkanes) is 1. The van der Waals surface area contributed by atoms with Crippen LogP contribution in [-0.2, 0) is 22.2 Å². The normalized spacial score (nSPS) is 21.0. The molecule has 0 unspecified atom stereocenters. The van der Waals surface area contributed by atoms with Crippen molar-refractivity contribution in [2.45, 2.75) is 78.4 Å². The van der Waals surface area contributed by atoms with Crippen LogP contribution in [0.5, 0.6) is 5.75 Å². The van der Waals surface area contributed by atoms with Crippen molar-refractivity contribution in [3.63, 3.8) is 0 Å². The Kier molecular flexibility index (Phi) is 4.26. The summed E-state index contributed by atoms with van der Waals surface area (Å²) in [5, 5.41) is 0. The largest absolute Gasteiger partial charge is 0.495 e. The SMILES string of the molecule is CCCCOc1cc(C)c(B2OC(C)(C)C(C)(C)O2)c2c1CC2. The van der Waals surface area contributed by atoms with Gasteiger partial charge in [-0.25, -0.2) is 0 Å². The smallest absolute Gasteiger partial charge is 0.493 e. The summed E-state index contributed by atoms with van der Waals surface area (Å²) in [4.78, 5) is 0. The molecule has 23 heavy (non-hydrogen) atoms. The maximum absolute atomic E-state index is 6.28. The summed E-state index contributed by atoms with van der Waals surface area (Å²) in [6, 6.07) is 2.17. The van der Waals surface area contributed by atoms with Crippen LogP contribution in [0.2, 0.25) is 0 Å². The van der Waals surface area contributed by atoms with E-state index in [0.717, 1.165) is 38.0 Å². The zero-order valence-electron chi connectivity index (χ0n) is 15.4. The first-order chi connectivity index (χ1) is 10.8. The molecule has 0 bridgehead atoms. The Labute approximate surface area is 140 Å². The van der Waals surface area contributed by atoms with Crippen molar-refractivity contribution in [2.75, 3.05) is 6.61 Å². The van der Waals surface area contributed by atoms with E-state index in [1.165, 1.54) is 22.2 Å². The molecule has 0 radical (unpaired) electrons. The molecule has 1 aliphatic heterocycles. The van der Waals surface area contributed by atoms with Gasteiger partial charge in [-0.15, -0.1) is 0 Å². The van der Waals surface area contributed by atoms with Gasteiger partial charge in [0.25, 0.3) is 0 Å². The second kappa shape index (κ2) is 5.82. The fourth-order valence-electron chi connectivity index (χ4n) is 3.29. The van der Waals surface area contributed by atoms with Crippen LogP contribution >= 0.6 is 0 Å². The highest BCUT2D eigenvalue weighted by atomic mass is 16.7. The predicted octanol–water partition coefficient (Wildman–Crippen LogP) is 3.57. The van der Waals surface area contributed by atoms with Crippen molar-refractivity contribution in [1.82, 2.24) is 0 Å². The minimum Gasteiger partial charge on any atom is -0.493 e. The third kappa shape index (κ3) is 2.81. The van der Waals surface area contributed by atoms with Crippen LogP contribution in [0.3, 0.4) is 0 Å². The van der Waals surface area contributed by atoms with Gasteiger partial charge in [0.15, 0.2) is 0 Å². The lowest BCUT2D eigenvalue weighted by molar-refractivity contribution is 0.00578. The summed E-state index contributed by atoms with van der Waals surface area (Å²) in [5.74, 6) is 1.07. The highest BCUT2D eigenvalue weighted by Crippen LogP contribution is 2.39. The van der Waals surface area contributed by atoms with Gasteiger partial charge in [-0.2, -0.15) is 0 Å². The molecular formula is C19H29BO3. The van der Waals surface area contributed by atoms with Crippen molar-refractivity contribution < 1.29 is 14.0 Å². The number of hydrogen-bond acceptors (Lipinski definition) is 3. The van der Waals surface area contributed by atoms with Gasteiger partial charge in [-0.05, 0) is 82.1 Å². The average Bonchev–Trinajstić information content (AvgIpc) is 2.61. The maximum Gasteiger partial charge on any atom is 0.495 e. The Morgan fingerprint density at radius 2 is 1.70 bits per heavy atom. The molecular weight excluding hydrogens is 287 g/mol.